The van der Waals surface area contributed by atoms with E-state index in [1.807, 2.05) is 12.1 Å². The van der Waals surface area contributed by atoms with Crippen molar-refractivity contribution in [1.29, 1.82) is 0 Å². The fraction of sp³-hybridized carbons (Fsp3) is 0.0556. The van der Waals surface area contributed by atoms with Crippen molar-refractivity contribution in [2.75, 3.05) is 0 Å². The average Bonchev–Trinajstić information content (AvgIpc) is 3.00. The normalized spacial score (nSPS) is 11.1. The third-order valence-corrected chi connectivity index (χ3v) is 4.11. The highest BCUT2D eigenvalue weighted by atomic mass is 35.5. The molecule has 3 heterocycles. The van der Waals surface area contributed by atoms with Gasteiger partial charge >= 0.3 is 0 Å². The number of aromatic amines is 1. The Morgan fingerprint density at radius 2 is 2.04 bits per heavy atom. The predicted octanol–water partition coefficient (Wildman–Crippen LogP) is 2.76. The molecule has 0 atom stereocenters. The first-order valence-corrected chi connectivity index (χ1v) is 8.01. The molecular formula is C18H13ClN4O2. The molecule has 0 bridgehead atoms. The fourth-order valence-corrected chi connectivity index (χ4v) is 2.93. The van der Waals surface area contributed by atoms with Crippen LogP contribution in [-0.4, -0.2) is 20.3 Å². The Morgan fingerprint density at radius 1 is 1.20 bits per heavy atom. The molecule has 3 aromatic heterocycles. The molecule has 4 aromatic rings. The number of hydrogen-bond acceptors (Lipinski definition) is 3. The van der Waals surface area contributed by atoms with Crippen LogP contribution in [0.1, 0.15) is 16.1 Å². The summed E-state index contributed by atoms with van der Waals surface area (Å²) in [6.07, 6.45) is 3.55. The molecule has 0 aliphatic carbocycles. The van der Waals surface area contributed by atoms with Crippen LogP contribution < -0.4 is 10.9 Å². The summed E-state index contributed by atoms with van der Waals surface area (Å²) in [5.74, 6) is -0.322. The van der Waals surface area contributed by atoms with E-state index >= 15 is 0 Å². The molecule has 124 valence electrons. The van der Waals surface area contributed by atoms with Crippen LogP contribution in [-0.2, 0) is 6.54 Å². The Kier molecular flexibility index (Phi) is 3.74. The SMILES string of the molecule is O=C(NCc1cn2cc(Cl)ccc2n1)c1cc(=O)[nH]c2ccccc12. The second-order valence-electron chi connectivity index (χ2n) is 5.62. The predicted molar refractivity (Wildman–Crippen MR) is 95.9 cm³/mol. The first-order chi connectivity index (χ1) is 12.1. The molecule has 0 saturated carbocycles. The summed E-state index contributed by atoms with van der Waals surface area (Å²) >= 11 is 5.95. The number of fused-ring (bicyclic) bond motifs is 2. The van der Waals surface area contributed by atoms with Gasteiger partial charge < -0.3 is 14.7 Å². The van der Waals surface area contributed by atoms with Gasteiger partial charge in [0.2, 0.25) is 5.56 Å². The lowest BCUT2D eigenvalue weighted by molar-refractivity contribution is 0.0952. The van der Waals surface area contributed by atoms with Crippen molar-refractivity contribution < 1.29 is 4.79 Å². The highest BCUT2D eigenvalue weighted by molar-refractivity contribution is 6.30. The molecule has 1 aromatic carbocycles. The van der Waals surface area contributed by atoms with Crippen LogP contribution in [0.4, 0.5) is 0 Å². The van der Waals surface area contributed by atoms with E-state index in [4.69, 9.17) is 11.6 Å². The van der Waals surface area contributed by atoms with Gasteiger partial charge in [0, 0.05) is 29.4 Å². The van der Waals surface area contributed by atoms with Gasteiger partial charge in [0.15, 0.2) is 0 Å². The van der Waals surface area contributed by atoms with E-state index in [-0.39, 0.29) is 18.0 Å². The fourth-order valence-electron chi connectivity index (χ4n) is 2.76. The number of nitrogens with one attached hydrogen (secondary N) is 2. The van der Waals surface area contributed by atoms with Gasteiger partial charge in [0.1, 0.15) is 5.65 Å². The molecule has 25 heavy (non-hydrogen) atoms. The van der Waals surface area contributed by atoms with Crippen molar-refractivity contribution in [3.8, 4) is 0 Å². The molecule has 7 heteroatoms. The number of amides is 1. The van der Waals surface area contributed by atoms with Crippen molar-refractivity contribution in [2.24, 2.45) is 0 Å². The van der Waals surface area contributed by atoms with E-state index in [1.54, 1.807) is 41.1 Å². The summed E-state index contributed by atoms with van der Waals surface area (Å²) in [4.78, 5) is 31.4. The molecule has 0 fully saturated rings. The maximum absolute atomic E-state index is 12.5. The summed E-state index contributed by atoms with van der Waals surface area (Å²) in [5, 5.41) is 4.11. The molecule has 0 radical (unpaired) electrons. The van der Waals surface area contributed by atoms with Gasteiger partial charge in [0.25, 0.3) is 5.91 Å². The average molecular weight is 353 g/mol. The summed E-state index contributed by atoms with van der Waals surface area (Å²) in [7, 11) is 0. The first kappa shape index (κ1) is 15.4. The van der Waals surface area contributed by atoms with Crippen molar-refractivity contribution in [2.45, 2.75) is 6.54 Å². The number of carbonyl (C=O) groups excluding carboxylic acids is 1. The maximum Gasteiger partial charge on any atom is 0.252 e. The monoisotopic (exact) mass is 352 g/mol. The molecule has 1 amide bonds. The van der Waals surface area contributed by atoms with Crippen LogP contribution in [0, 0.1) is 0 Å². The van der Waals surface area contributed by atoms with Crippen molar-refractivity contribution in [3.05, 3.63) is 81.5 Å². The number of hydrogen-bond donors (Lipinski definition) is 2. The molecule has 6 nitrogen and oxygen atoms in total. The topological polar surface area (TPSA) is 79.3 Å². The number of pyridine rings is 2. The van der Waals surface area contributed by atoms with Crippen LogP contribution in [0.2, 0.25) is 5.02 Å². The zero-order valence-corrected chi connectivity index (χ0v) is 13.7. The number of benzene rings is 1. The third kappa shape index (κ3) is 2.99. The van der Waals surface area contributed by atoms with Crippen molar-refractivity contribution in [1.82, 2.24) is 19.7 Å². The zero-order valence-electron chi connectivity index (χ0n) is 13.0. The minimum absolute atomic E-state index is 0.249. The molecule has 0 spiro atoms. The summed E-state index contributed by atoms with van der Waals surface area (Å²) in [6, 6.07) is 12.1. The number of imidazole rings is 1. The van der Waals surface area contributed by atoms with Crippen LogP contribution in [0.5, 0.6) is 0 Å². The van der Waals surface area contributed by atoms with Gasteiger partial charge in [-0.05, 0) is 18.2 Å². The molecular weight excluding hydrogens is 340 g/mol. The second-order valence-corrected chi connectivity index (χ2v) is 6.06. The minimum Gasteiger partial charge on any atom is -0.346 e. The van der Waals surface area contributed by atoms with Crippen LogP contribution in [0.25, 0.3) is 16.6 Å². The number of para-hydroxylation sites is 1. The third-order valence-electron chi connectivity index (χ3n) is 3.89. The molecule has 0 unspecified atom stereocenters. The standard InChI is InChI=1S/C18H13ClN4O2/c19-11-5-6-16-21-12(10-23(16)9-11)8-20-18(25)14-7-17(24)22-15-4-2-1-3-13(14)15/h1-7,9-10H,8H2,(H,20,25)(H,22,24). The summed E-state index contributed by atoms with van der Waals surface area (Å²) in [6.45, 7) is 0.249. The number of carbonyl (C=O) groups is 1. The molecule has 0 saturated heterocycles. The van der Waals surface area contributed by atoms with E-state index < -0.39 is 0 Å². The number of nitrogens with zero attached hydrogens (tertiary/aromatic N) is 2. The van der Waals surface area contributed by atoms with E-state index in [9.17, 15) is 9.59 Å². The number of aromatic nitrogens is 3. The Balaban J connectivity index is 1.60. The molecule has 2 N–H and O–H groups in total. The van der Waals surface area contributed by atoms with Crippen LogP contribution in [0.15, 0.2) is 59.7 Å². The highest BCUT2D eigenvalue weighted by Gasteiger charge is 2.12. The zero-order chi connectivity index (χ0) is 17.4. The van der Waals surface area contributed by atoms with E-state index in [1.165, 1.54) is 6.07 Å². The first-order valence-electron chi connectivity index (χ1n) is 7.63. The van der Waals surface area contributed by atoms with Crippen LogP contribution in [0.3, 0.4) is 0 Å². The van der Waals surface area contributed by atoms with Gasteiger partial charge in [-0.1, -0.05) is 29.8 Å². The summed E-state index contributed by atoms with van der Waals surface area (Å²) in [5.41, 5.74) is 2.10. The van der Waals surface area contributed by atoms with Crippen molar-refractivity contribution in [3.63, 3.8) is 0 Å². The van der Waals surface area contributed by atoms with E-state index in [0.717, 1.165) is 5.65 Å². The Hall–Kier alpha value is -3.12. The summed E-state index contributed by atoms with van der Waals surface area (Å²) < 4.78 is 1.80. The maximum atomic E-state index is 12.5. The number of H-pyrrole nitrogens is 1. The van der Waals surface area contributed by atoms with Gasteiger partial charge in [0.05, 0.1) is 22.8 Å². The smallest absolute Gasteiger partial charge is 0.252 e. The van der Waals surface area contributed by atoms with Gasteiger partial charge in [-0.25, -0.2) is 4.98 Å². The quantitative estimate of drug-likeness (QED) is 0.595. The highest BCUT2D eigenvalue weighted by Crippen LogP contribution is 2.15. The molecule has 4 rings (SSSR count). The number of halogens is 1. The van der Waals surface area contributed by atoms with Crippen molar-refractivity contribution >= 4 is 34.1 Å². The van der Waals surface area contributed by atoms with Gasteiger partial charge in [-0.3, -0.25) is 9.59 Å². The lowest BCUT2D eigenvalue weighted by Gasteiger charge is -2.06. The second kappa shape index (κ2) is 6.07. The minimum atomic E-state index is -0.322. The van der Waals surface area contributed by atoms with Crippen LogP contribution >= 0.6 is 11.6 Å². The van der Waals surface area contributed by atoms with Gasteiger partial charge in [-0.2, -0.15) is 0 Å². The molecule has 0 aliphatic heterocycles. The Labute approximate surface area is 147 Å². The number of rotatable bonds is 3. The lowest BCUT2D eigenvalue weighted by Crippen LogP contribution is -2.25. The van der Waals surface area contributed by atoms with Gasteiger partial charge in [-0.15, -0.1) is 0 Å². The lowest BCUT2D eigenvalue weighted by atomic mass is 10.1. The Bertz CT molecular complexity index is 1160. The molecule has 0 aliphatic rings. The largest absolute Gasteiger partial charge is 0.346 e. The van der Waals surface area contributed by atoms with E-state index in [0.29, 0.717) is 27.2 Å². The Morgan fingerprint density at radius 3 is 2.92 bits per heavy atom. The van der Waals surface area contributed by atoms with E-state index in [2.05, 4.69) is 15.3 Å².